The predicted molar refractivity (Wildman–Crippen MR) is 118 cm³/mol. The molecule has 29 heavy (non-hydrogen) atoms. The molecule has 0 saturated carbocycles. The van der Waals surface area contributed by atoms with Crippen LogP contribution in [0.25, 0.3) is 0 Å². The van der Waals surface area contributed by atoms with Gasteiger partial charge in [0.15, 0.2) is 0 Å². The molecule has 1 N–H and O–H groups in total. The van der Waals surface area contributed by atoms with Crippen LogP contribution in [-0.4, -0.2) is 23.0 Å². The topological polar surface area (TPSA) is 59.9 Å². The predicted octanol–water partition coefficient (Wildman–Crippen LogP) is 5.13. The molecule has 1 saturated heterocycles. The number of unbranched alkanes of at least 4 members (excludes halogenated alkanes) is 2. The van der Waals surface area contributed by atoms with E-state index in [1.165, 1.54) is 44.1 Å². The highest BCUT2D eigenvalue weighted by Crippen LogP contribution is 2.37. The minimum absolute atomic E-state index is 0.0279. The van der Waals surface area contributed by atoms with Crippen LogP contribution in [0.1, 0.15) is 73.6 Å². The maximum atomic E-state index is 12.0. The van der Waals surface area contributed by atoms with Gasteiger partial charge in [0.25, 0.3) is 5.56 Å². The van der Waals surface area contributed by atoms with Crippen molar-refractivity contribution < 1.29 is 0 Å². The number of H-pyrrole nitrogens is 1. The first-order chi connectivity index (χ1) is 14.1. The monoisotopic (exact) mass is 391 g/mol. The minimum atomic E-state index is 0.0279. The van der Waals surface area contributed by atoms with E-state index >= 15 is 0 Å². The molecule has 154 valence electrons. The number of aromatic amines is 1. The third-order valence-electron chi connectivity index (χ3n) is 6.41. The normalized spacial score (nSPS) is 16.4. The Labute approximate surface area is 174 Å². The highest BCUT2D eigenvalue weighted by atomic mass is 16.1. The van der Waals surface area contributed by atoms with Crippen LogP contribution >= 0.6 is 0 Å². The van der Waals surface area contributed by atoms with Gasteiger partial charge in [-0.1, -0.05) is 44.4 Å². The van der Waals surface area contributed by atoms with Crippen molar-refractivity contribution in [3.63, 3.8) is 0 Å². The van der Waals surface area contributed by atoms with E-state index in [2.05, 4.69) is 35.0 Å². The second-order valence-electron chi connectivity index (χ2n) is 8.43. The molecular weight excluding hydrogens is 358 g/mol. The first kappa shape index (κ1) is 21.3. The van der Waals surface area contributed by atoms with Crippen LogP contribution in [0.15, 0.2) is 41.3 Å². The second kappa shape index (κ2) is 10.4. The van der Waals surface area contributed by atoms with E-state index in [0.29, 0.717) is 11.8 Å². The molecule has 1 aliphatic rings. The third-order valence-corrected chi connectivity index (χ3v) is 6.41. The number of aromatic nitrogens is 1. The fourth-order valence-corrected chi connectivity index (χ4v) is 4.67. The zero-order valence-corrected chi connectivity index (χ0v) is 17.8. The first-order valence-corrected chi connectivity index (χ1v) is 11.0. The van der Waals surface area contributed by atoms with E-state index in [1.807, 2.05) is 25.1 Å². The summed E-state index contributed by atoms with van der Waals surface area (Å²) in [4.78, 5) is 17.2. The lowest BCUT2D eigenvalue weighted by Crippen LogP contribution is -2.36. The second-order valence-corrected chi connectivity index (χ2v) is 8.43. The smallest absolute Gasteiger partial charge is 0.252 e. The Morgan fingerprint density at radius 3 is 2.69 bits per heavy atom. The molecule has 0 radical (unpaired) electrons. The molecule has 0 aliphatic carbocycles. The standard InChI is InChI=1S/C25H33N3O/c1-3-4-5-8-24(21-9-10-22(17-26)19(2)16-21)20-11-14-28(15-12-20)18-23-7-6-13-27-25(23)29/h6-7,9-10,13,16,20,24H,3-5,8,11-12,14-15,18H2,1-2H3,(H,27,29). The lowest BCUT2D eigenvalue weighted by Gasteiger charge is -2.36. The number of pyridine rings is 1. The summed E-state index contributed by atoms with van der Waals surface area (Å²) in [7, 11) is 0. The molecule has 0 amide bonds. The zero-order chi connectivity index (χ0) is 20.6. The van der Waals surface area contributed by atoms with Gasteiger partial charge in [-0.3, -0.25) is 9.69 Å². The van der Waals surface area contributed by atoms with Crippen LogP contribution in [0.3, 0.4) is 0 Å². The van der Waals surface area contributed by atoms with Crippen molar-refractivity contribution in [1.29, 1.82) is 5.26 Å². The molecule has 1 unspecified atom stereocenters. The van der Waals surface area contributed by atoms with Gasteiger partial charge in [0.1, 0.15) is 0 Å². The van der Waals surface area contributed by atoms with Crippen molar-refractivity contribution in [1.82, 2.24) is 9.88 Å². The Hall–Kier alpha value is -2.38. The highest BCUT2D eigenvalue weighted by molar-refractivity contribution is 5.40. The maximum Gasteiger partial charge on any atom is 0.252 e. The fourth-order valence-electron chi connectivity index (χ4n) is 4.67. The third kappa shape index (κ3) is 5.58. The van der Waals surface area contributed by atoms with Crippen LogP contribution in [0.5, 0.6) is 0 Å². The highest BCUT2D eigenvalue weighted by Gasteiger charge is 2.28. The lowest BCUT2D eigenvalue weighted by molar-refractivity contribution is 0.157. The van der Waals surface area contributed by atoms with Crippen LogP contribution in [0, 0.1) is 24.2 Å². The number of aryl methyl sites for hydroxylation is 1. The Bertz CT molecular complexity index is 887. The summed E-state index contributed by atoms with van der Waals surface area (Å²) >= 11 is 0. The quantitative estimate of drug-likeness (QED) is 0.635. The van der Waals surface area contributed by atoms with Gasteiger partial charge in [0, 0.05) is 18.3 Å². The van der Waals surface area contributed by atoms with Crippen molar-refractivity contribution in [2.75, 3.05) is 13.1 Å². The van der Waals surface area contributed by atoms with Crippen molar-refractivity contribution in [2.45, 2.75) is 64.8 Å². The van der Waals surface area contributed by atoms with Crippen molar-refractivity contribution in [3.05, 3.63) is 69.1 Å². The molecule has 1 atom stereocenters. The van der Waals surface area contributed by atoms with Crippen molar-refractivity contribution in [2.24, 2.45) is 5.92 Å². The van der Waals surface area contributed by atoms with Gasteiger partial charge in [-0.15, -0.1) is 0 Å². The molecule has 1 aromatic heterocycles. The van der Waals surface area contributed by atoms with E-state index in [-0.39, 0.29) is 5.56 Å². The molecule has 2 aromatic rings. The van der Waals surface area contributed by atoms with Gasteiger partial charge in [0.2, 0.25) is 0 Å². The van der Waals surface area contributed by atoms with Gasteiger partial charge in [-0.05, 0) is 74.4 Å². The van der Waals surface area contributed by atoms with E-state index in [0.717, 1.165) is 36.3 Å². The summed E-state index contributed by atoms with van der Waals surface area (Å²) in [6.45, 7) is 7.12. The van der Waals surface area contributed by atoms with Gasteiger partial charge in [-0.25, -0.2) is 0 Å². The van der Waals surface area contributed by atoms with Crippen LogP contribution < -0.4 is 5.56 Å². The first-order valence-electron chi connectivity index (χ1n) is 11.0. The average molecular weight is 392 g/mol. The van der Waals surface area contributed by atoms with E-state index in [4.69, 9.17) is 0 Å². The minimum Gasteiger partial charge on any atom is -0.329 e. The number of hydrogen-bond donors (Lipinski definition) is 1. The van der Waals surface area contributed by atoms with Gasteiger partial charge in [-0.2, -0.15) is 5.26 Å². The van der Waals surface area contributed by atoms with Gasteiger partial charge < -0.3 is 4.98 Å². The summed E-state index contributed by atoms with van der Waals surface area (Å²) in [5, 5.41) is 9.26. The maximum absolute atomic E-state index is 12.0. The zero-order valence-electron chi connectivity index (χ0n) is 17.8. The van der Waals surface area contributed by atoms with Crippen LogP contribution in [-0.2, 0) is 6.54 Å². The van der Waals surface area contributed by atoms with E-state index < -0.39 is 0 Å². The van der Waals surface area contributed by atoms with Crippen LogP contribution in [0.2, 0.25) is 0 Å². The number of nitriles is 1. The number of piperidine rings is 1. The number of rotatable bonds is 8. The summed E-state index contributed by atoms with van der Waals surface area (Å²) in [6.07, 6.45) is 9.03. The van der Waals surface area contributed by atoms with Crippen molar-refractivity contribution >= 4 is 0 Å². The van der Waals surface area contributed by atoms with Crippen molar-refractivity contribution in [3.8, 4) is 6.07 Å². The van der Waals surface area contributed by atoms with Crippen LogP contribution in [0.4, 0.5) is 0 Å². The Kier molecular flexibility index (Phi) is 7.66. The Morgan fingerprint density at radius 1 is 1.24 bits per heavy atom. The summed E-state index contributed by atoms with van der Waals surface area (Å²) in [6, 6.07) is 12.5. The Morgan fingerprint density at radius 2 is 2.03 bits per heavy atom. The summed E-state index contributed by atoms with van der Waals surface area (Å²) < 4.78 is 0. The molecule has 0 bridgehead atoms. The summed E-state index contributed by atoms with van der Waals surface area (Å²) in [5.74, 6) is 1.24. The molecular formula is C25H33N3O. The number of benzene rings is 1. The molecule has 1 aromatic carbocycles. The Balaban J connectivity index is 1.68. The molecule has 2 heterocycles. The van der Waals surface area contributed by atoms with Gasteiger partial charge in [0.05, 0.1) is 11.6 Å². The van der Waals surface area contributed by atoms with E-state index in [1.54, 1.807) is 6.20 Å². The number of nitrogens with one attached hydrogen (secondary N) is 1. The largest absolute Gasteiger partial charge is 0.329 e. The fraction of sp³-hybridized carbons (Fsp3) is 0.520. The van der Waals surface area contributed by atoms with E-state index in [9.17, 15) is 10.1 Å². The molecule has 1 aliphatic heterocycles. The number of nitrogens with zero attached hydrogens (tertiary/aromatic N) is 2. The molecule has 3 rings (SSSR count). The van der Waals surface area contributed by atoms with Gasteiger partial charge >= 0.3 is 0 Å². The SMILES string of the molecule is CCCCCC(c1ccc(C#N)c(C)c1)C1CCN(Cc2ccc[nH]c2=O)CC1. The molecule has 4 heteroatoms. The lowest BCUT2D eigenvalue weighted by atomic mass is 9.76. The molecule has 0 spiro atoms. The molecule has 4 nitrogen and oxygen atoms in total. The molecule has 1 fully saturated rings. The summed E-state index contributed by atoms with van der Waals surface area (Å²) in [5.41, 5.74) is 4.15. The number of likely N-dealkylation sites (tertiary alicyclic amines) is 1. The number of hydrogen-bond acceptors (Lipinski definition) is 3. The average Bonchev–Trinajstić information content (AvgIpc) is 2.74.